The van der Waals surface area contributed by atoms with E-state index in [1.54, 1.807) is 41.3 Å². The average Bonchev–Trinajstić information content (AvgIpc) is 3.60. The average molecular weight is 497 g/mol. The lowest BCUT2D eigenvalue weighted by atomic mass is 10.1. The summed E-state index contributed by atoms with van der Waals surface area (Å²) in [5.41, 5.74) is 2.81. The summed E-state index contributed by atoms with van der Waals surface area (Å²) in [4.78, 5) is 19.4. The molecule has 0 saturated carbocycles. The molecule has 1 amide bonds. The molecule has 2 fully saturated rings. The van der Waals surface area contributed by atoms with E-state index in [1.807, 2.05) is 12.1 Å². The highest BCUT2D eigenvalue weighted by Gasteiger charge is 2.28. The van der Waals surface area contributed by atoms with E-state index in [0.717, 1.165) is 37.2 Å². The second-order valence-electron chi connectivity index (χ2n) is 8.63. The van der Waals surface area contributed by atoms with Gasteiger partial charge in [0.1, 0.15) is 12.7 Å². The predicted molar refractivity (Wildman–Crippen MR) is 131 cm³/mol. The van der Waals surface area contributed by atoms with Crippen molar-refractivity contribution < 1.29 is 17.9 Å². The van der Waals surface area contributed by atoms with Crippen molar-refractivity contribution >= 4 is 27.3 Å². The van der Waals surface area contributed by atoms with Gasteiger partial charge in [0, 0.05) is 31.7 Å². The molecule has 1 aromatic heterocycles. The van der Waals surface area contributed by atoms with Crippen LogP contribution in [-0.4, -0.2) is 72.8 Å². The van der Waals surface area contributed by atoms with Crippen LogP contribution in [0.3, 0.4) is 0 Å². The van der Waals surface area contributed by atoms with Gasteiger partial charge in [-0.3, -0.25) is 4.79 Å². The first-order valence-corrected chi connectivity index (χ1v) is 13.1. The number of nitrogens with zero attached hydrogens (tertiary/aromatic N) is 5. The van der Waals surface area contributed by atoms with Crippen molar-refractivity contribution in [2.45, 2.75) is 24.3 Å². The van der Waals surface area contributed by atoms with Crippen molar-refractivity contribution in [2.24, 2.45) is 0 Å². The zero-order valence-corrected chi connectivity index (χ0v) is 20.2. The lowest BCUT2D eigenvalue weighted by molar-refractivity contribution is 0.0730. The lowest BCUT2D eigenvalue weighted by Crippen LogP contribution is -2.40. The molecule has 0 radical (unpaired) electrons. The van der Waals surface area contributed by atoms with E-state index >= 15 is 0 Å². The summed E-state index contributed by atoms with van der Waals surface area (Å²) in [5.74, 6) is -0.293. The summed E-state index contributed by atoms with van der Waals surface area (Å²) < 4.78 is 34.9. The van der Waals surface area contributed by atoms with Crippen molar-refractivity contribution in [1.29, 1.82) is 0 Å². The highest BCUT2D eigenvalue weighted by Crippen LogP contribution is 2.33. The summed E-state index contributed by atoms with van der Waals surface area (Å²) in [6, 6.07) is 12.3. The maximum atomic E-state index is 13.2. The Balaban J connectivity index is 1.39. The van der Waals surface area contributed by atoms with Crippen LogP contribution >= 0.6 is 0 Å². The molecule has 11 heteroatoms. The van der Waals surface area contributed by atoms with Crippen molar-refractivity contribution in [3.63, 3.8) is 0 Å². The van der Waals surface area contributed by atoms with E-state index in [-0.39, 0.29) is 10.8 Å². The summed E-state index contributed by atoms with van der Waals surface area (Å²) in [6.45, 7) is 3.69. The first kappa shape index (κ1) is 23.5. The summed E-state index contributed by atoms with van der Waals surface area (Å²) in [7, 11) is -3.69. The number of benzene rings is 2. The minimum Gasteiger partial charge on any atom is -0.379 e. The largest absolute Gasteiger partial charge is 0.379 e. The minimum absolute atomic E-state index is 0.167. The SMILES string of the molecule is O=C(Nc1cc(S(=O)(=O)N2CCOCC2)ccc1N1CCCC1)c1ccc(Cn2cncn2)cc1. The lowest BCUT2D eigenvalue weighted by Gasteiger charge is -2.27. The van der Waals surface area contributed by atoms with E-state index in [1.165, 1.54) is 10.6 Å². The Labute approximate surface area is 204 Å². The third-order valence-corrected chi connectivity index (χ3v) is 8.19. The number of nitrogens with one attached hydrogen (secondary N) is 1. The molecule has 0 spiro atoms. The Morgan fingerprint density at radius 3 is 2.43 bits per heavy atom. The monoisotopic (exact) mass is 496 g/mol. The van der Waals surface area contributed by atoms with Crippen LogP contribution in [0.4, 0.5) is 11.4 Å². The first-order valence-electron chi connectivity index (χ1n) is 11.7. The van der Waals surface area contributed by atoms with Gasteiger partial charge >= 0.3 is 0 Å². The highest BCUT2D eigenvalue weighted by molar-refractivity contribution is 7.89. The Morgan fingerprint density at radius 1 is 1.00 bits per heavy atom. The standard InChI is InChI=1S/C24H28N6O4S/c31-24(20-5-3-19(4-6-20)16-29-18-25-17-26-29)27-22-15-21(7-8-23(22)28-9-1-2-10-28)35(32,33)30-11-13-34-14-12-30/h3-8,15,17-18H,1-2,9-14,16H2,(H,27,31). The van der Waals surface area contributed by atoms with Crippen LogP contribution in [0.5, 0.6) is 0 Å². The van der Waals surface area contributed by atoms with Crippen LogP contribution in [0.2, 0.25) is 0 Å². The minimum atomic E-state index is -3.69. The number of rotatable bonds is 7. The van der Waals surface area contributed by atoms with E-state index in [2.05, 4.69) is 20.3 Å². The fraction of sp³-hybridized carbons (Fsp3) is 0.375. The first-order chi connectivity index (χ1) is 17.0. The van der Waals surface area contributed by atoms with Gasteiger partial charge in [0.25, 0.3) is 5.91 Å². The summed E-state index contributed by atoms with van der Waals surface area (Å²) in [5, 5.41) is 7.06. The van der Waals surface area contributed by atoms with Gasteiger partial charge in [-0.2, -0.15) is 9.40 Å². The predicted octanol–water partition coefficient (Wildman–Crippen LogP) is 2.20. The van der Waals surface area contributed by atoms with E-state index in [0.29, 0.717) is 44.1 Å². The number of hydrogen-bond acceptors (Lipinski definition) is 7. The molecule has 0 bridgehead atoms. The van der Waals surface area contributed by atoms with Crippen molar-refractivity contribution in [3.05, 3.63) is 66.2 Å². The summed E-state index contributed by atoms with van der Waals surface area (Å²) in [6.07, 6.45) is 5.24. The van der Waals surface area contributed by atoms with Gasteiger partial charge in [0.15, 0.2) is 0 Å². The van der Waals surface area contributed by atoms with Gasteiger partial charge in [-0.1, -0.05) is 12.1 Å². The number of anilines is 2. The highest BCUT2D eigenvalue weighted by atomic mass is 32.2. The Hall–Kier alpha value is -3.28. The fourth-order valence-electron chi connectivity index (χ4n) is 4.40. The van der Waals surface area contributed by atoms with Crippen LogP contribution in [0, 0.1) is 0 Å². The molecular formula is C24H28N6O4S. The maximum absolute atomic E-state index is 13.2. The number of carbonyl (C=O) groups excluding carboxylic acids is 1. The number of amides is 1. The van der Waals surface area contributed by atoms with E-state index in [4.69, 9.17) is 4.74 Å². The number of hydrogen-bond donors (Lipinski definition) is 1. The van der Waals surface area contributed by atoms with Crippen LogP contribution in [-0.2, 0) is 21.3 Å². The van der Waals surface area contributed by atoms with E-state index < -0.39 is 10.0 Å². The molecule has 5 rings (SSSR count). The Kier molecular flexibility index (Phi) is 6.80. The molecule has 0 atom stereocenters. The van der Waals surface area contributed by atoms with Crippen LogP contribution in [0.1, 0.15) is 28.8 Å². The van der Waals surface area contributed by atoms with Gasteiger partial charge in [-0.05, 0) is 48.7 Å². The third-order valence-electron chi connectivity index (χ3n) is 6.30. The normalized spacial score (nSPS) is 17.0. The van der Waals surface area contributed by atoms with Gasteiger partial charge in [-0.15, -0.1) is 0 Å². The Bertz CT molecular complexity index is 1270. The van der Waals surface area contributed by atoms with Gasteiger partial charge < -0.3 is 15.0 Å². The molecule has 184 valence electrons. The zero-order valence-electron chi connectivity index (χ0n) is 19.3. The third kappa shape index (κ3) is 5.21. The van der Waals surface area contributed by atoms with Crippen molar-refractivity contribution in [1.82, 2.24) is 19.1 Å². The van der Waals surface area contributed by atoms with Crippen LogP contribution in [0.25, 0.3) is 0 Å². The van der Waals surface area contributed by atoms with Crippen LogP contribution in [0.15, 0.2) is 60.0 Å². The second kappa shape index (κ2) is 10.1. The van der Waals surface area contributed by atoms with Gasteiger partial charge in [0.05, 0.1) is 36.0 Å². The van der Waals surface area contributed by atoms with Gasteiger partial charge in [-0.25, -0.2) is 18.1 Å². The molecule has 2 saturated heterocycles. The molecule has 2 aliphatic heterocycles. The smallest absolute Gasteiger partial charge is 0.255 e. The maximum Gasteiger partial charge on any atom is 0.255 e. The molecular weight excluding hydrogens is 468 g/mol. The number of ether oxygens (including phenoxy) is 1. The number of aromatic nitrogens is 3. The molecule has 0 aliphatic carbocycles. The molecule has 1 N–H and O–H groups in total. The number of sulfonamides is 1. The molecule has 10 nitrogen and oxygen atoms in total. The van der Waals surface area contributed by atoms with Gasteiger partial charge in [0.2, 0.25) is 10.0 Å². The molecule has 2 aromatic carbocycles. The molecule has 3 heterocycles. The van der Waals surface area contributed by atoms with E-state index in [9.17, 15) is 13.2 Å². The van der Waals surface area contributed by atoms with Crippen LogP contribution < -0.4 is 10.2 Å². The molecule has 3 aromatic rings. The quantitative estimate of drug-likeness (QED) is 0.534. The van der Waals surface area contributed by atoms with Crippen molar-refractivity contribution in [2.75, 3.05) is 49.6 Å². The number of morpholine rings is 1. The topological polar surface area (TPSA) is 110 Å². The molecule has 0 unspecified atom stereocenters. The Morgan fingerprint density at radius 2 is 1.74 bits per heavy atom. The fourth-order valence-corrected chi connectivity index (χ4v) is 5.84. The molecule has 35 heavy (non-hydrogen) atoms. The zero-order chi connectivity index (χ0) is 24.3. The van der Waals surface area contributed by atoms with Crippen molar-refractivity contribution in [3.8, 4) is 0 Å². The summed E-state index contributed by atoms with van der Waals surface area (Å²) >= 11 is 0. The number of carbonyl (C=O) groups is 1. The second-order valence-corrected chi connectivity index (χ2v) is 10.6. The molecule has 2 aliphatic rings.